The summed E-state index contributed by atoms with van der Waals surface area (Å²) in [6.07, 6.45) is 1.33. The molecule has 0 fully saturated rings. The minimum absolute atomic E-state index is 0.0527. The number of carboxylic acid groups (broad SMARTS) is 1. The fraction of sp³-hybridized carbons (Fsp3) is 0.0588. The van der Waals surface area contributed by atoms with E-state index in [4.69, 9.17) is 4.74 Å². The molecule has 0 unspecified atom stereocenters. The van der Waals surface area contributed by atoms with Crippen molar-refractivity contribution in [2.75, 3.05) is 0 Å². The highest BCUT2D eigenvalue weighted by molar-refractivity contribution is 5.98. The van der Waals surface area contributed by atoms with Crippen molar-refractivity contribution in [3.8, 4) is 11.5 Å². The molecule has 1 aromatic heterocycles. The summed E-state index contributed by atoms with van der Waals surface area (Å²) in [5.74, 6) is -0.101. The zero-order chi connectivity index (χ0) is 14.8. The molecule has 1 N–H and O–H groups in total. The number of hydrogen-bond acceptors (Lipinski definition) is 3. The zero-order valence-electron chi connectivity index (χ0n) is 11.4. The average molecular weight is 279 g/mol. The van der Waals surface area contributed by atoms with E-state index >= 15 is 0 Å². The number of rotatable bonds is 3. The molecule has 0 aliphatic carbocycles. The van der Waals surface area contributed by atoms with Gasteiger partial charge >= 0.3 is 5.97 Å². The number of benzene rings is 2. The predicted octanol–water partition coefficient (Wildman–Crippen LogP) is 4.03. The average Bonchev–Trinajstić information content (AvgIpc) is 2.49. The van der Waals surface area contributed by atoms with Crippen molar-refractivity contribution in [2.24, 2.45) is 0 Å². The van der Waals surface area contributed by atoms with Crippen molar-refractivity contribution in [2.45, 2.75) is 6.92 Å². The van der Waals surface area contributed by atoms with Crippen LogP contribution >= 0.6 is 0 Å². The molecule has 0 atom stereocenters. The number of carboxylic acids is 1. The van der Waals surface area contributed by atoms with Gasteiger partial charge in [-0.2, -0.15) is 0 Å². The van der Waals surface area contributed by atoms with Crippen molar-refractivity contribution in [3.05, 3.63) is 65.9 Å². The number of nitrogens with zero attached hydrogens (tertiary/aromatic N) is 1. The Bertz CT molecular complexity index is 827. The van der Waals surface area contributed by atoms with E-state index in [0.29, 0.717) is 22.4 Å². The second kappa shape index (κ2) is 5.25. The molecule has 2 aromatic carbocycles. The maximum Gasteiger partial charge on any atom is 0.341 e. The lowest BCUT2D eigenvalue weighted by Crippen LogP contribution is -2.02. The monoisotopic (exact) mass is 279 g/mol. The normalized spacial score (nSPS) is 10.5. The third kappa shape index (κ3) is 2.43. The Morgan fingerprint density at radius 3 is 2.57 bits per heavy atom. The van der Waals surface area contributed by atoms with Gasteiger partial charge in [0.05, 0.1) is 5.52 Å². The fourth-order valence-electron chi connectivity index (χ4n) is 2.16. The van der Waals surface area contributed by atoms with Gasteiger partial charge in [-0.1, -0.05) is 30.3 Å². The molecule has 1 heterocycles. The highest BCUT2D eigenvalue weighted by Gasteiger charge is 2.17. The summed E-state index contributed by atoms with van der Waals surface area (Å²) in [5.41, 5.74) is 1.69. The van der Waals surface area contributed by atoms with Crippen molar-refractivity contribution in [1.29, 1.82) is 0 Å². The molecule has 0 spiro atoms. The van der Waals surface area contributed by atoms with Crippen LogP contribution in [0.4, 0.5) is 0 Å². The molecular formula is C17H13NO3. The molecule has 0 amide bonds. The first-order chi connectivity index (χ1) is 10.2. The lowest BCUT2D eigenvalue weighted by molar-refractivity contribution is 0.0694. The Labute approximate surface area is 121 Å². The van der Waals surface area contributed by atoms with Gasteiger partial charge in [0.2, 0.25) is 0 Å². The summed E-state index contributed by atoms with van der Waals surface area (Å²) < 4.78 is 5.89. The van der Waals surface area contributed by atoms with E-state index in [0.717, 1.165) is 5.56 Å². The van der Waals surface area contributed by atoms with Crippen LogP contribution < -0.4 is 4.74 Å². The SMILES string of the molecule is Cc1ccccc1Oc1c(C(=O)O)cnc2ccccc12. The van der Waals surface area contributed by atoms with Gasteiger partial charge < -0.3 is 9.84 Å². The van der Waals surface area contributed by atoms with Crippen LogP contribution in [0.3, 0.4) is 0 Å². The van der Waals surface area contributed by atoms with Crippen LogP contribution in [0.25, 0.3) is 10.9 Å². The van der Waals surface area contributed by atoms with Gasteiger partial charge in [0.1, 0.15) is 11.3 Å². The van der Waals surface area contributed by atoms with Gasteiger partial charge in [-0.15, -0.1) is 0 Å². The number of aryl methyl sites for hydroxylation is 1. The van der Waals surface area contributed by atoms with E-state index in [-0.39, 0.29) is 5.56 Å². The van der Waals surface area contributed by atoms with Crippen LogP contribution in [0.5, 0.6) is 11.5 Å². The number of hydrogen-bond donors (Lipinski definition) is 1. The number of aromatic nitrogens is 1. The number of para-hydroxylation sites is 2. The largest absolute Gasteiger partial charge is 0.477 e. The summed E-state index contributed by atoms with van der Waals surface area (Å²) in [6.45, 7) is 1.92. The number of carbonyl (C=O) groups is 1. The molecule has 104 valence electrons. The third-order valence-electron chi connectivity index (χ3n) is 3.26. The molecule has 0 saturated heterocycles. The van der Waals surface area contributed by atoms with E-state index in [1.54, 1.807) is 0 Å². The maximum atomic E-state index is 11.4. The van der Waals surface area contributed by atoms with Crippen LogP contribution in [-0.4, -0.2) is 16.1 Å². The highest BCUT2D eigenvalue weighted by Crippen LogP contribution is 2.33. The maximum absolute atomic E-state index is 11.4. The highest BCUT2D eigenvalue weighted by atomic mass is 16.5. The first kappa shape index (κ1) is 13.1. The van der Waals surface area contributed by atoms with E-state index in [1.807, 2.05) is 55.5 Å². The van der Waals surface area contributed by atoms with Crippen LogP contribution in [0.2, 0.25) is 0 Å². The topological polar surface area (TPSA) is 59.4 Å². The quantitative estimate of drug-likeness (QED) is 0.786. The Morgan fingerprint density at radius 2 is 1.81 bits per heavy atom. The lowest BCUT2D eigenvalue weighted by atomic mass is 10.1. The molecule has 3 aromatic rings. The van der Waals surface area contributed by atoms with Gasteiger partial charge in [-0.25, -0.2) is 4.79 Å². The number of fused-ring (bicyclic) bond motifs is 1. The molecule has 0 saturated carbocycles. The minimum atomic E-state index is -1.06. The van der Waals surface area contributed by atoms with Crippen LogP contribution in [0, 0.1) is 6.92 Å². The van der Waals surface area contributed by atoms with Gasteiger partial charge in [0, 0.05) is 11.6 Å². The predicted molar refractivity (Wildman–Crippen MR) is 80.0 cm³/mol. The Kier molecular flexibility index (Phi) is 3.28. The first-order valence-corrected chi connectivity index (χ1v) is 6.51. The molecule has 0 aliphatic heterocycles. The van der Waals surface area contributed by atoms with Crippen molar-refractivity contribution in [1.82, 2.24) is 4.98 Å². The molecule has 3 rings (SSSR count). The summed E-state index contributed by atoms with van der Waals surface area (Å²) in [5, 5.41) is 10.0. The zero-order valence-corrected chi connectivity index (χ0v) is 11.4. The molecule has 4 nitrogen and oxygen atoms in total. The van der Waals surface area contributed by atoms with Gasteiger partial charge in [-0.05, 0) is 30.7 Å². The summed E-state index contributed by atoms with van der Waals surface area (Å²) in [7, 11) is 0. The summed E-state index contributed by atoms with van der Waals surface area (Å²) >= 11 is 0. The van der Waals surface area contributed by atoms with E-state index in [2.05, 4.69) is 4.98 Å². The standard InChI is InChI=1S/C17H13NO3/c1-11-6-2-5-9-15(11)21-16-12-7-3-4-8-14(12)18-10-13(16)17(19)20/h2-10H,1H3,(H,19,20). The van der Waals surface area contributed by atoms with E-state index in [1.165, 1.54) is 6.20 Å². The Morgan fingerprint density at radius 1 is 1.10 bits per heavy atom. The summed E-state index contributed by atoms with van der Waals surface area (Å²) in [6, 6.07) is 14.8. The van der Waals surface area contributed by atoms with Gasteiger partial charge in [0.25, 0.3) is 0 Å². The molecule has 21 heavy (non-hydrogen) atoms. The second-order valence-electron chi connectivity index (χ2n) is 4.69. The molecule has 4 heteroatoms. The first-order valence-electron chi connectivity index (χ1n) is 6.51. The molecule has 0 radical (unpaired) electrons. The molecule has 0 bridgehead atoms. The number of ether oxygens (including phenoxy) is 1. The lowest BCUT2D eigenvalue weighted by Gasteiger charge is -2.13. The fourth-order valence-corrected chi connectivity index (χ4v) is 2.16. The van der Waals surface area contributed by atoms with Crippen LogP contribution in [0.1, 0.15) is 15.9 Å². The number of pyridine rings is 1. The summed E-state index contributed by atoms with van der Waals surface area (Å²) in [4.78, 5) is 15.6. The molecule has 0 aliphatic rings. The van der Waals surface area contributed by atoms with Crippen LogP contribution in [-0.2, 0) is 0 Å². The van der Waals surface area contributed by atoms with E-state index < -0.39 is 5.97 Å². The van der Waals surface area contributed by atoms with Gasteiger partial charge in [-0.3, -0.25) is 4.98 Å². The van der Waals surface area contributed by atoms with Crippen LogP contribution in [0.15, 0.2) is 54.7 Å². The Balaban J connectivity index is 2.21. The minimum Gasteiger partial charge on any atom is -0.477 e. The number of aromatic carboxylic acids is 1. The van der Waals surface area contributed by atoms with Crippen molar-refractivity contribution < 1.29 is 14.6 Å². The third-order valence-corrected chi connectivity index (χ3v) is 3.26. The molecular weight excluding hydrogens is 266 g/mol. The smallest absolute Gasteiger partial charge is 0.341 e. The second-order valence-corrected chi connectivity index (χ2v) is 4.69. The van der Waals surface area contributed by atoms with Gasteiger partial charge in [0.15, 0.2) is 5.75 Å². The van der Waals surface area contributed by atoms with E-state index in [9.17, 15) is 9.90 Å². The van der Waals surface area contributed by atoms with Crippen molar-refractivity contribution in [3.63, 3.8) is 0 Å². The van der Waals surface area contributed by atoms with Crippen molar-refractivity contribution >= 4 is 16.9 Å². The Hall–Kier alpha value is -2.88.